The summed E-state index contributed by atoms with van der Waals surface area (Å²) in [5.74, 6) is -1.08. The number of hydrogen-bond donors (Lipinski definition) is 2. The molecule has 10 nitrogen and oxygen atoms in total. The fraction of sp³-hybridized carbons (Fsp3) is 0.696. The van der Waals surface area contributed by atoms with E-state index in [0.717, 1.165) is 51.4 Å². The maximum atomic E-state index is 12.7. The molecule has 2 N–H and O–H groups in total. The van der Waals surface area contributed by atoms with Crippen molar-refractivity contribution in [1.29, 1.82) is 0 Å². The van der Waals surface area contributed by atoms with Crippen LogP contribution in [0.1, 0.15) is 149 Å². The molecule has 0 saturated heterocycles. The van der Waals surface area contributed by atoms with Gasteiger partial charge in [0.15, 0.2) is 6.10 Å². The number of rotatable bonds is 38. The predicted octanol–water partition coefficient (Wildman–Crippen LogP) is 11.2. The van der Waals surface area contributed by atoms with Gasteiger partial charge in [0.1, 0.15) is 19.8 Å². The van der Waals surface area contributed by atoms with Gasteiger partial charge >= 0.3 is 19.8 Å². The minimum atomic E-state index is -4.44. The topological polar surface area (TPSA) is 129 Å². The largest absolute Gasteiger partial charge is 0.472 e. The zero-order chi connectivity index (χ0) is 42.3. The molecule has 0 saturated carbocycles. The quantitative estimate of drug-likeness (QED) is 0.0156. The van der Waals surface area contributed by atoms with Crippen molar-refractivity contribution in [2.24, 2.45) is 0 Å². The number of unbranched alkanes of at least 4 members (excludes halogenated alkanes) is 12. The fourth-order valence-corrected chi connectivity index (χ4v) is 6.16. The molecule has 0 amide bonds. The Bertz CT molecular complexity index is 1220. The first-order valence-corrected chi connectivity index (χ1v) is 23.3. The lowest BCUT2D eigenvalue weighted by atomic mass is 10.0. The summed E-state index contributed by atoms with van der Waals surface area (Å²) in [6, 6.07) is 0. The Kier molecular flexibility index (Phi) is 36.0. The third-order valence-corrected chi connectivity index (χ3v) is 9.85. The highest BCUT2D eigenvalue weighted by Crippen LogP contribution is 2.43. The normalized spacial score (nSPS) is 14.9. The van der Waals surface area contributed by atoms with Gasteiger partial charge in [-0.1, -0.05) is 164 Å². The van der Waals surface area contributed by atoms with E-state index in [4.69, 9.17) is 18.5 Å². The SMILES string of the molecule is CC/C=C\C/C=C\C/C=C\C/C=C\C/C=C\C=C/C(O)CCC(=O)O[C@H](COC(=O)CCCCCCCCCCCCCCC)COP(=O)(O)OCC[N+](C)(C)C. The molecule has 328 valence electrons. The Morgan fingerprint density at radius 3 is 1.67 bits per heavy atom. The molecule has 2 unspecified atom stereocenters. The molecule has 3 atom stereocenters. The number of ether oxygens (including phenoxy) is 2. The summed E-state index contributed by atoms with van der Waals surface area (Å²) < 4.78 is 34.0. The molecule has 57 heavy (non-hydrogen) atoms. The molecule has 0 spiro atoms. The summed E-state index contributed by atoms with van der Waals surface area (Å²) in [7, 11) is 1.32. The second-order valence-electron chi connectivity index (χ2n) is 15.6. The molecule has 0 aromatic heterocycles. The van der Waals surface area contributed by atoms with Crippen molar-refractivity contribution in [2.45, 2.75) is 161 Å². The van der Waals surface area contributed by atoms with Crippen molar-refractivity contribution >= 4 is 19.8 Å². The van der Waals surface area contributed by atoms with Crippen molar-refractivity contribution in [2.75, 3.05) is 47.5 Å². The number of carbonyl (C=O) groups is 2. The van der Waals surface area contributed by atoms with Crippen molar-refractivity contribution in [3.8, 4) is 0 Å². The van der Waals surface area contributed by atoms with Crippen LogP contribution in [0.15, 0.2) is 72.9 Å². The third kappa shape index (κ3) is 41.4. The smallest absolute Gasteiger partial charge is 0.462 e. The van der Waals surface area contributed by atoms with Gasteiger partial charge in [-0.05, 0) is 44.9 Å². The van der Waals surface area contributed by atoms with Crippen molar-refractivity contribution in [3.63, 3.8) is 0 Å². The molecule has 11 heteroatoms. The minimum absolute atomic E-state index is 0.0130. The van der Waals surface area contributed by atoms with E-state index in [1.807, 2.05) is 33.3 Å². The van der Waals surface area contributed by atoms with Gasteiger partial charge < -0.3 is 24.0 Å². The van der Waals surface area contributed by atoms with Crippen molar-refractivity contribution < 1.29 is 47.2 Å². The van der Waals surface area contributed by atoms with Gasteiger partial charge in [-0.25, -0.2) is 4.57 Å². The number of phosphoric acid groups is 1. The molecule has 0 aliphatic heterocycles. The maximum Gasteiger partial charge on any atom is 0.472 e. The molecule has 0 fully saturated rings. The number of hydrogen-bond acceptors (Lipinski definition) is 8. The lowest BCUT2D eigenvalue weighted by Gasteiger charge is -2.24. The fourth-order valence-electron chi connectivity index (χ4n) is 5.42. The number of aliphatic hydroxyl groups is 1. The zero-order valence-corrected chi connectivity index (χ0v) is 37.3. The highest BCUT2D eigenvalue weighted by Gasteiger charge is 2.27. The number of aliphatic hydroxyl groups excluding tert-OH is 1. The van der Waals surface area contributed by atoms with E-state index >= 15 is 0 Å². The Morgan fingerprint density at radius 1 is 0.632 bits per heavy atom. The van der Waals surface area contributed by atoms with Gasteiger partial charge in [-0.3, -0.25) is 18.6 Å². The minimum Gasteiger partial charge on any atom is -0.462 e. The molecular formula is C46H81NO9P+. The first-order valence-electron chi connectivity index (χ1n) is 21.8. The Hall–Kier alpha value is -2.59. The van der Waals surface area contributed by atoms with E-state index in [-0.39, 0.29) is 32.5 Å². The highest BCUT2D eigenvalue weighted by atomic mass is 31.2. The Labute approximate surface area is 347 Å². The van der Waals surface area contributed by atoms with Crippen LogP contribution in [0.2, 0.25) is 0 Å². The van der Waals surface area contributed by atoms with Gasteiger partial charge in [-0.2, -0.15) is 0 Å². The summed E-state index contributed by atoms with van der Waals surface area (Å²) in [4.78, 5) is 35.3. The van der Waals surface area contributed by atoms with E-state index in [9.17, 15) is 24.2 Å². The number of nitrogens with zero attached hydrogens (tertiary/aromatic N) is 1. The molecule has 0 aromatic rings. The molecule has 0 aromatic carbocycles. The summed E-state index contributed by atoms with van der Waals surface area (Å²) in [6.45, 7) is 4.01. The second-order valence-corrected chi connectivity index (χ2v) is 17.0. The number of allylic oxidation sites excluding steroid dienone is 11. The van der Waals surface area contributed by atoms with E-state index in [0.29, 0.717) is 17.4 Å². The Balaban J connectivity index is 4.63. The molecule has 0 radical (unpaired) electrons. The first kappa shape index (κ1) is 54.4. The number of quaternary nitrogens is 1. The van der Waals surface area contributed by atoms with Gasteiger partial charge in [0.05, 0.1) is 33.9 Å². The third-order valence-electron chi connectivity index (χ3n) is 8.87. The highest BCUT2D eigenvalue weighted by molar-refractivity contribution is 7.47. The van der Waals surface area contributed by atoms with Gasteiger partial charge in [0.2, 0.25) is 0 Å². The standard InChI is InChI=1S/C46H80NO9P/c1-6-8-10-12-14-16-18-20-21-22-24-25-27-29-31-33-35-43(48)37-38-46(50)56-44(42-55-57(51,52)54-40-39-47(3,4)5)41-53-45(49)36-34-32-30-28-26-23-19-17-15-13-11-9-7-2/h8,10,14,16,20-21,24-25,29,31,33,35,43-44,48H,6-7,9,11-13,15,17-19,22-23,26-28,30,32,34,36-42H2,1-5H3/p+1/b10-8-,16-14-,21-20-,25-24-,31-29-,35-33-/t43?,44-/m1/s1. The van der Waals surface area contributed by atoms with Crippen LogP contribution in [-0.2, 0) is 32.7 Å². The van der Waals surface area contributed by atoms with Gasteiger partial charge in [0, 0.05) is 12.8 Å². The predicted molar refractivity (Wildman–Crippen MR) is 235 cm³/mol. The summed E-state index contributed by atoms with van der Waals surface area (Å²) in [5.41, 5.74) is 0. The van der Waals surface area contributed by atoms with Crippen LogP contribution in [0.25, 0.3) is 0 Å². The van der Waals surface area contributed by atoms with Crippen LogP contribution in [-0.4, -0.2) is 86.1 Å². The summed E-state index contributed by atoms with van der Waals surface area (Å²) in [6.07, 6.45) is 42.8. The molecule has 0 rings (SSSR count). The number of esters is 2. The van der Waals surface area contributed by atoms with Crippen LogP contribution in [0, 0.1) is 0 Å². The van der Waals surface area contributed by atoms with Crippen molar-refractivity contribution in [1.82, 2.24) is 0 Å². The molecule has 0 aliphatic rings. The molecular weight excluding hydrogens is 741 g/mol. The molecule has 0 aliphatic carbocycles. The van der Waals surface area contributed by atoms with E-state index < -0.39 is 38.6 Å². The molecule has 0 heterocycles. The second kappa shape index (κ2) is 37.7. The van der Waals surface area contributed by atoms with E-state index in [1.165, 1.54) is 57.8 Å². The van der Waals surface area contributed by atoms with E-state index in [1.54, 1.807) is 12.2 Å². The average Bonchev–Trinajstić information content (AvgIpc) is 3.16. The monoisotopic (exact) mass is 823 g/mol. The van der Waals surface area contributed by atoms with E-state index in [2.05, 4.69) is 62.5 Å². The van der Waals surface area contributed by atoms with Crippen LogP contribution in [0.3, 0.4) is 0 Å². The van der Waals surface area contributed by atoms with Crippen LogP contribution in [0.4, 0.5) is 0 Å². The lowest BCUT2D eigenvalue weighted by molar-refractivity contribution is -0.870. The maximum absolute atomic E-state index is 12.7. The number of phosphoric ester groups is 1. The lowest BCUT2D eigenvalue weighted by Crippen LogP contribution is -2.37. The van der Waals surface area contributed by atoms with Crippen LogP contribution < -0.4 is 0 Å². The molecule has 0 bridgehead atoms. The van der Waals surface area contributed by atoms with Crippen molar-refractivity contribution in [3.05, 3.63) is 72.9 Å². The summed E-state index contributed by atoms with van der Waals surface area (Å²) >= 11 is 0. The summed E-state index contributed by atoms with van der Waals surface area (Å²) in [5, 5.41) is 10.4. The van der Waals surface area contributed by atoms with Gasteiger partial charge in [0.25, 0.3) is 0 Å². The number of likely N-dealkylation sites (N-methyl/N-ethyl adjacent to an activating group) is 1. The first-order chi connectivity index (χ1) is 27.4. The van der Waals surface area contributed by atoms with Crippen LogP contribution >= 0.6 is 7.82 Å². The number of carbonyl (C=O) groups excluding carboxylic acids is 2. The zero-order valence-electron chi connectivity index (χ0n) is 36.4. The van der Waals surface area contributed by atoms with Gasteiger partial charge in [-0.15, -0.1) is 0 Å². The van der Waals surface area contributed by atoms with Crippen LogP contribution in [0.5, 0.6) is 0 Å². The average molecular weight is 823 g/mol. The Morgan fingerprint density at radius 2 is 1.14 bits per heavy atom.